The Morgan fingerprint density at radius 2 is 1.91 bits per heavy atom. The number of amides is 1. The fourth-order valence-electron chi connectivity index (χ4n) is 2.71. The van der Waals surface area contributed by atoms with E-state index in [0.717, 1.165) is 18.6 Å². The molecule has 6 heteroatoms. The first-order chi connectivity index (χ1) is 11.2. The van der Waals surface area contributed by atoms with Gasteiger partial charge < -0.3 is 15.4 Å². The third kappa shape index (κ3) is 3.97. The minimum atomic E-state index is -0.257. The minimum Gasteiger partial charge on any atom is -0.497 e. The number of benzene rings is 1. The monoisotopic (exact) mass is 312 g/mol. The molecule has 1 fully saturated rings. The molecule has 1 aliphatic carbocycles. The molecule has 2 N–H and O–H groups in total. The van der Waals surface area contributed by atoms with Gasteiger partial charge in [0.2, 0.25) is 0 Å². The SMILES string of the molecule is COc1ccc(NC(=O)c2cc(NC3CCCC3)ncn2)cc1. The number of hydrogen-bond donors (Lipinski definition) is 2. The molecule has 23 heavy (non-hydrogen) atoms. The molecule has 0 spiro atoms. The highest BCUT2D eigenvalue weighted by atomic mass is 16.5. The number of anilines is 2. The van der Waals surface area contributed by atoms with Crippen molar-refractivity contribution in [2.45, 2.75) is 31.7 Å². The van der Waals surface area contributed by atoms with Crippen LogP contribution in [0.2, 0.25) is 0 Å². The van der Waals surface area contributed by atoms with Gasteiger partial charge in [-0.3, -0.25) is 4.79 Å². The van der Waals surface area contributed by atoms with Crippen LogP contribution in [0, 0.1) is 0 Å². The van der Waals surface area contributed by atoms with Crippen molar-refractivity contribution < 1.29 is 9.53 Å². The van der Waals surface area contributed by atoms with Crippen molar-refractivity contribution in [1.82, 2.24) is 9.97 Å². The van der Waals surface area contributed by atoms with E-state index in [-0.39, 0.29) is 5.91 Å². The van der Waals surface area contributed by atoms with Crippen LogP contribution in [0.5, 0.6) is 5.75 Å². The highest BCUT2D eigenvalue weighted by molar-refractivity contribution is 6.03. The van der Waals surface area contributed by atoms with Gasteiger partial charge in [0, 0.05) is 17.8 Å². The lowest BCUT2D eigenvalue weighted by Crippen LogP contribution is -2.18. The van der Waals surface area contributed by atoms with Crippen LogP contribution in [0.1, 0.15) is 36.2 Å². The third-order valence-corrected chi connectivity index (χ3v) is 3.95. The van der Waals surface area contributed by atoms with Crippen LogP contribution in [0.15, 0.2) is 36.7 Å². The van der Waals surface area contributed by atoms with Crippen LogP contribution in [0.3, 0.4) is 0 Å². The molecule has 0 saturated heterocycles. The van der Waals surface area contributed by atoms with E-state index in [4.69, 9.17) is 4.74 Å². The van der Waals surface area contributed by atoms with E-state index >= 15 is 0 Å². The van der Waals surface area contributed by atoms with Crippen molar-refractivity contribution in [2.75, 3.05) is 17.7 Å². The van der Waals surface area contributed by atoms with Crippen LogP contribution in [-0.2, 0) is 0 Å². The Labute approximate surface area is 135 Å². The number of rotatable bonds is 5. The first kappa shape index (κ1) is 15.3. The second-order valence-electron chi connectivity index (χ2n) is 5.60. The Morgan fingerprint density at radius 1 is 1.17 bits per heavy atom. The number of carbonyl (C=O) groups excluding carboxylic acids is 1. The molecule has 6 nitrogen and oxygen atoms in total. The molecule has 0 atom stereocenters. The molecule has 2 aromatic rings. The van der Waals surface area contributed by atoms with Gasteiger partial charge in [-0.05, 0) is 37.1 Å². The van der Waals surface area contributed by atoms with Gasteiger partial charge in [-0.1, -0.05) is 12.8 Å². The maximum Gasteiger partial charge on any atom is 0.274 e. The summed E-state index contributed by atoms with van der Waals surface area (Å²) in [5.41, 5.74) is 1.04. The van der Waals surface area contributed by atoms with E-state index < -0.39 is 0 Å². The average molecular weight is 312 g/mol. The predicted octanol–water partition coefficient (Wildman–Crippen LogP) is 3.09. The van der Waals surface area contributed by atoms with E-state index in [1.165, 1.54) is 19.2 Å². The molecule has 1 aliphatic rings. The number of ether oxygens (including phenoxy) is 1. The average Bonchev–Trinajstić information content (AvgIpc) is 3.09. The Morgan fingerprint density at radius 3 is 2.61 bits per heavy atom. The minimum absolute atomic E-state index is 0.257. The Kier molecular flexibility index (Phi) is 4.71. The predicted molar refractivity (Wildman–Crippen MR) is 88.9 cm³/mol. The molecule has 0 unspecified atom stereocenters. The van der Waals surface area contributed by atoms with Crippen molar-refractivity contribution in [2.24, 2.45) is 0 Å². The Balaban J connectivity index is 1.66. The standard InChI is InChI=1S/C17H20N4O2/c1-23-14-8-6-13(7-9-14)21-17(22)15-10-16(19-11-18-15)20-12-4-2-3-5-12/h6-12H,2-5H2,1H3,(H,21,22)(H,18,19,20). The first-order valence-electron chi connectivity index (χ1n) is 7.78. The number of methoxy groups -OCH3 is 1. The highest BCUT2D eigenvalue weighted by Crippen LogP contribution is 2.21. The zero-order chi connectivity index (χ0) is 16.1. The zero-order valence-electron chi connectivity index (χ0n) is 13.1. The van der Waals surface area contributed by atoms with Crippen LogP contribution < -0.4 is 15.4 Å². The van der Waals surface area contributed by atoms with Crippen molar-refractivity contribution in [3.63, 3.8) is 0 Å². The van der Waals surface area contributed by atoms with Crippen molar-refractivity contribution in [1.29, 1.82) is 0 Å². The number of aromatic nitrogens is 2. The molecule has 1 aromatic carbocycles. The second kappa shape index (κ2) is 7.09. The van der Waals surface area contributed by atoms with Gasteiger partial charge in [-0.15, -0.1) is 0 Å². The largest absolute Gasteiger partial charge is 0.497 e. The second-order valence-corrected chi connectivity index (χ2v) is 5.60. The normalized spacial score (nSPS) is 14.5. The van der Waals surface area contributed by atoms with E-state index in [9.17, 15) is 4.79 Å². The van der Waals surface area contributed by atoms with E-state index in [0.29, 0.717) is 23.2 Å². The summed E-state index contributed by atoms with van der Waals surface area (Å²) in [5, 5.41) is 6.19. The number of nitrogens with zero attached hydrogens (tertiary/aromatic N) is 2. The number of nitrogens with one attached hydrogen (secondary N) is 2. The van der Waals surface area contributed by atoms with Gasteiger partial charge in [-0.2, -0.15) is 0 Å². The fraction of sp³-hybridized carbons (Fsp3) is 0.353. The van der Waals surface area contributed by atoms with E-state index in [1.54, 1.807) is 37.4 Å². The molecular weight excluding hydrogens is 292 g/mol. The molecule has 1 heterocycles. The summed E-state index contributed by atoms with van der Waals surface area (Å²) in [7, 11) is 1.60. The lowest BCUT2D eigenvalue weighted by atomic mass is 10.2. The Hall–Kier alpha value is -2.63. The zero-order valence-corrected chi connectivity index (χ0v) is 13.1. The summed E-state index contributed by atoms with van der Waals surface area (Å²) in [6.45, 7) is 0. The van der Waals surface area contributed by atoms with Crippen LogP contribution >= 0.6 is 0 Å². The molecule has 1 saturated carbocycles. The summed E-state index contributed by atoms with van der Waals surface area (Å²) in [5.74, 6) is 1.19. The molecule has 1 aromatic heterocycles. The van der Waals surface area contributed by atoms with Crippen molar-refractivity contribution in [3.05, 3.63) is 42.4 Å². The highest BCUT2D eigenvalue weighted by Gasteiger charge is 2.16. The lowest BCUT2D eigenvalue weighted by Gasteiger charge is -2.12. The molecule has 3 rings (SSSR count). The van der Waals surface area contributed by atoms with E-state index in [2.05, 4.69) is 20.6 Å². The summed E-state index contributed by atoms with van der Waals surface area (Å²) in [6.07, 6.45) is 6.20. The van der Waals surface area contributed by atoms with Gasteiger partial charge in [0.25, 0.3) is 5.91 Å². The maximum absolute atomic E-state index is 12.3. The molecular formula is C17H20N4O2. The lowest BCUT2D eigenvalue weighted by molar-refractivity contribution is 0.102. The number of carbonyl (C=O) groups is 1. The van der Waals surface area contributed by atoms with Crippen LogP contribution in [0.25, 0.3) is 0 Å². The maximum atomic E-state index is 12.3. The van der Waals surface area contributed by atoms with Gasteiger partial charge >= 0.3 is 0 Å². The fourth-order valence-corrected chi connectivity index (χ4v) is 2.71. The molecule has 0 aliphatic heterocycles. The molecule has 0 bridgehead atoms. The summed E-state index contributed by atoms with van der Waals surface area (Å²) < 4.78 is 5.10. The smallest absolute Gasteiger partial charge is 0.274 e. The molecule has 0 radical (unpaired) electrons. The topological polar surface area (TPSA) is 76.1 Å². The van der Waals surface area contributed by atoms with Crippen molar-refractivity contribution in [3.8, 4) is 5.75 Å². The van der Waals surface area contributed by atoms with E-state index in [1.807, 2.05) is 0 Å². The summed E-state index contributed by atoms with van der Waals surface area (Å²) in [4.78, 5) is 20.5. The number of hydrogen-bond acceptors (Lipinski definition) is 5. The summed E-state index contributed by atoms with van der Waals surface area (Å²) in [6, 6.07) is 9.30. The summed E-state index contributed by atoms with van der Waals surface area (Å²) >= 11 is 0. The first-order valence-corrected chi connectivity index (χ1v) is 7.78. The van der Waals surface area contributed by atoms with Crippen LogP contribution in [-0.4, -0.2) is 29.0 Å². The van der Waals surface area contributed by atoms with Gasteiger partial charge in [0.1, 0.15) is 23.6 Å². The molecule has 1 amide bonds. The van der Waals surface area contributed by atoms with Gasteiger partial charge in [0.05, 0.1) is 7.11 Å². The van der Waals surface area contributed by atoms with Crippen molar-refractivity contribution >= 4 is 17.4 Å². The van der Waals surface area contributed by atoms with Crippen LogP contribution in [0.4, 0.5) is 11.5 Å². The van der Waals surface area contributed by atoms with Gasteiger partial charge in [0.15, 0.2) is 0 Å². The Bertz CT molecular complexity index is 667. The molecule has 120 valence electrons. The van der Waals surface area contributed by atoms with Gasteiger partial charge in [-0.25, -0.2) is 9.97 Å². The quantitative estimate of drug-likeness (QED) is 0.887. The third-order valence-electron chi connectivity index (χ3n) is 3.95.